The van der Waals surface area contributed by atoms with E-state index in [-0.39, 0.29) is 5.91 Å². The first-order valence-corrected chi connectivity index (χ1v) is 6.71. The molecule has 0 bridgehead atoms. The van der Waals surface area contributed by atoms with E-state index in [0.29, 0.717) is 19.6 Å². The summed E-state index contributed by atoms with van der Waals surface area (Å²) in [7, 11) is 3.81. The zero-order valence-corrected chi connectivity index (χ0v) is 12.2. The van der Waals surface area contributed by atoms with Crippen LogP contribution in [0.15, 0.2) is 24.3 Å². The summed E-state index contributed by atoms with van der Waals surface area (Å²) < 4.78 is 0. The first kappa shape index (κ1) is 15.7. The Balaban J connectivity index is 2.47. The van der Waals surface area contributed by atoms with Crippen LogP contribution in [0, 0.1) is 6.92 Å². The summed E-state index contributed by atoms with van der Waals surface area (Å²) in [5.41, 5.74) is 7.88. The van der Waals surface area contributed by atoms with Crippen LogP contribution in [0.1, 0.15) is 17.5 Å². The van der Waals surface area contributed by atoms with Gasteiger partial charge >= 0.3 is 0 Å². The highest BCUT2D eigenvalue weighted by Crippen LogP contribution is 2.09. The standard InChI is InChI=1S/C15H25N3O/c1-13-7-4-5-8-14(13)11-18(3)15(19)12-17(2)10-6-9-16/h4-5,7-8H,6,9-12,16H2,1-3H3. The number of carbonyl (C=O) groups is 1. The average Bonchev–Trinajstić information content (AvgIpc) is 2.38. The number of nitrogens with zero attached hydrogens (tertiary/aromatic N) is 2. The summed E-state index contributed by atoms with van der Waals surface area (Å²) in [5.74, 6) is 0.141. The fraction of sp³-hybridized carbons (Fsp3) is 0.533. The van der Waals surface area contributed by atoms with E-state index in [1.165, 1.54) is 11.1 Å². The van der Waals surface area contributed by atoms with Crippen molar-refractivity contribution in [2.45, 2.75) is 19.9 Å². The largest absolute Gasteiger partial charge is 0.340 e. The van der Waals surface area contributed by atoms with Gasteiger partial charge in [-0.05, 0) is 44.6 Å². The SMILES string of the molecule is Cc1ccccc1CN(C)C(=O)CN(C)CCCN. The fourth-order valence-electron chi connectivity index (χ4n) is 1.92. The molecule has 0 saturated heterocycles. The third-order valence-corrected chi connectivity index (χ3v) is 3.24. The number of amides is 1. The molecule has 4 nitrogen and oxygen atoms in total. The molecule has 106 valence electrons. The van der Waals surface area contributed by atoms with Crippen LogP contribution < -0.4 is 5.73 Å². The maximum atomic E-state index is 12.1. The van der Waals surface area contributed by atoms with Crippen LogP contribution in [-0.4, -0.2) is 49.4 Å². The minimum Gasteiger partial charge on any atom is -0.340 e. The molecule has 0 aliphatic heterocycles. The van der Waals surface area contributed by atoms with Gasteiger partial charge in [-0.3, -0.25) is 9.69 Å². The Morgan fingerprint density at radius 3 is 2.58 bits per heavy atom. The summed E-state index contributed by atoms with van der Waals surface area (Å²) in [5, 5.41) is 0. The van der Waals surface area contributed by atoms with E-state index in [1.54, 1.807) is 4.90 Å². The molecule has 0 spiro atoms. The highest BCUT2D eigenvalue weighted by Gasteiger charge is 2.12. The monoisotopic (exact) mass is 263 g/mol. The molecule has 0 atom stereocenters. The fourth-order valence-corrected chi connectivity index (χ4v) is 1.92. The molecular weight excluding hydrogens is 238 g/mol. The maximum Gasteiger partial charge on any atom is 0.236 e. The number of rotatable bonds is 7. The Kier molecular flexibility index (Phi) is 6.53. The quantitative estimate of drug-likeness (QED) is 0.805. The predicted molar refractivity (Wildman–Crippen MR) is 78.8 cm³/mol. The van der Waals surface area contributed by atoms with Crippen LogP contribution in [-0.2, 0) is 11.3 Å². The molecule has 4 heteroatoms. The van der Waals surface area contributed by atoms with E-state index in [0.717, 1.165) is 13.0 Å². The molecule has 1 aromatic carbocycles. The third-order valence-electron chi connectivity index (χ3n) is 3.24. The Morgan fingerprint density at radius 1 is 1.26 bits per heavy atom. The lowest BCUT2D eigenvalue weighted by atomic mass is 10.1. The number of hydrogen-bond donors (Lipinski definition) is 1. The van der Waals surface area contributed by atoms with E-state index < -0.39 is 0 Å². The van der Waals surface area contributed by atoms with Gasteiger partial charge in [0.05, 0.1) is 6.54 Å². The van der Waals surface area contributed by atoms with Crippen LogP contribution in [0.3, 0.4) is 0 Å². The van der Waals surface area contributed by atoms with E-state index in [9.17, 15) is 4.79 Å². The zero-order valence-electron chi connectivity index (χ0n) is 12.2. The summed E-state index contributed by atoms with van der Waals surface area (Å²) in [6.07, 6.45) is 0.922. The van der Waals surface area contributed by atoms with Gasteiger partial charge in [0.25, 0.3) is 0 Å². The summed E-state index contributed by atoms with van der Waals surface area (Å²) in [6.45, 7) is 4.71. The molecule has 0 aliphatic rings. The van der Waals surface area contributed by atoms with Crippen molar-refractivity contribution in [2.75, 3.05) is 33.7 Å². The predicted octanol–water partition coefficient (Wildman–Crippen LogP) is 1.23. The molecule has 1 amide bonds. The normalized spacial score (nSPS) is 10.8. The van der Waals surface area contributed by atoms with Gasteiger partial charge in [0.15, 0.2) is 0 Å². The van der Waals surface area contributed by atoms with Crippen LogP contribution in [0.25, 0.3) is 0 Å². The van der Waals surface area contributed by atoms with Crippen molar-refractivity contribution in [1.29, 1.82) is 0 Å². The molecule has 19 heavy (non-hydrogen) atoms. The van der Waals surface area contributed by atoms with Crippen molar-refractivity contribution in [3.63, 3.8) is 0 Å². The van der Waals surface area contributed by atoms with Gasteiger partial charge in [0.1, 0.15) is 0 Å². The third kappa shape index (κ3) is 5.41. The van der Waals surface area contributed by atoms with Gasteiger partial charge in [0, 0.05) is 13.6 Å². The number of carbonyl (C=O) groups excluding carboxylic acids is 1. The molecule has 0 fully saturated rings. The van der Waals surface area contributed by atoms with Crippen LogP contribution in [0.4, 0.5) is 0 Å². The van der Waals surface area contributed by atoms with Gasteiger partial charge in [-0.15, -0.1) is 0 Å². The van der Waals surface area contributed by atoms with Gasteiger partial charge in [-0.1, -0.05) is 24.3 Å². The maximum absolute atomic E-state index is 12.1. The topological polar surface area (TPSA) is 49.6 Å². The van der Waals surface area contributed by atoms with Gasteiger partial charge in [-0.2, -0.15) is 0 Å². The van der Waals surface area contributed by atoms with Gasteiger partial charge in [-0.25, -0.2) is 0 Å². The van der Waals surface area contributed by atoms with Crippen molar-refractivity contribution in [3.05, 3.63) is 35.4 Å². The number of benzene rings is 1. The molecule has 0 aliphatic carbocycles. The van der Waals surface area contributed by atoms with Crippen molar-refractivity contribution >= 4 is 5.91 Å². The minimum atomic E-state index is 0.141. The van der Waals surface area contributed by atoms with Crippen molar-refractivity contribution in [3.8, 4) is 0 Å². The van der Waals surface area contributed by atoms with Gasteiger partial charge < -0.3 is 10.6 Å². The Labute approximate surface area is 116 Å². The molecule has 0 radical (unpaired) electrons. The van der Waals surface area contributed by atoms with Crippen LogP contribution >= 0.6 is 0 Å². The number of likely N-dealkylation sites (N-methyl/N-ethyl adjacent to an activating group) is 2. The first-order valence-electron chi connectivity index (χ1n) is 6.71. The summed E-state index contributed by atoms with van der Waals surface area (Å²) in [4.78, 5) is 15.9. The van der Waals surface area contributed by atoms with Crippen molar-refractivity contribution in [1.82, 2.24) is 9.80 Å². The highest BCUT2D eigenvalue weighted by atomic mass is 16.2. The molecule has 1 aromatic rings. The summed E-state index contributed by atoms with van der Waals surface area (Å²) in [6, 6.07) is 8.16. The molecule has 0 saturated carbocycles. The lowest BCUT2D eigenvalue weighted by Crippen LogP contribution is -2.37. The molecule has 0 unspecified atom stereocenters. The second kappa shape index (κ2) is 7.92. The van der Waals surface area contributed by atoms with Gasteiger partial charge in [0.2, 0.25) is 5.91 Å². The Morgan fingerprint density at radius 2 is 1.95 bits per heavy atom. The number of aryl methyl sites for hydroxylation is 1. The van der Waals surface area contributed by atoms with E-state index in [1.807, 2.05) is 31.1 Å². The second-order valence-electron chi connectivity index (χ2n) is 5.06. The molecular formula is C15H25N3O. The average molecular weight is 263 g/mol. The van der Waals surface area contributed by atoms with E-state index in [4.69, 9.17) is 5.73 Å². The minimum absolute atomic E-state index is 0.141. The molecule has 2 N–H and O–H groups in total. The Bertz CT molecular complexity index is 406. The molecule has 0 heterocycles. The summed E-state index contributed by atoms with van der Waals surface area (Å²) >= 11 is 0. The molecule has 0 aromatic heterocycles. The second-order valence-corrected chi connectivity index (χ2v) is 5.06. The van der Waals surface area contributed by atoms with Crippen molar-refractivity contribution < 1.29 is 4.79 Å². The molecule has 1 rings (SSSR count). The number of nitrogens with two attached hydrogens (primary N) is 1. The lowest BCUT2D eigenvalue weighted by molar-refractivity contribution is -0.131. The first-order chi connectivity index (χ1) is 9.04. The van der Waals surface area contributed by atoms with Crippen LogP contribution in [0.2, 0.25) is 0 Å². The number of hydrogen-bond acceptors (Lipinski definition) is 3. The van der Waals surface area contributed by atoms with Crippen LogP contribution in [0.5, 0.6) is 0 Å². The lowest BCUT2D eigenvalue weighted by Gasteiger charge is -2.22. The zero-order chi connectivity index (χ0) is 14.3. The smallest absolute Gasteiger partial charge is 0.236 e. The highest BCUT2D eigenvalue weighted by molar-refractivity contribution is 5.78. The van der Waals surface area contributed by atoms with E-state index >= 15 is 0 Å². The Hall–Kier alpha value is -1.39. The van der Waals surface area contributed by atoms with E-state index in [2.05, 4.69) is 19.1 Å². The van der Waals surface area contributed by atoms with Crippen molar-refractivity contribution in [2.24, 2.45) is 5.73 Å².